The van der Waals surface area contributed by atoms with E-state index in [4.69, 9.17) is 9.57 Å². The molecular formula is C25H25N7O5S2. The molecule has 202 valence electrons. The van der Waals surface area contributed by atoms with Crippen molar-refractivity contribution >= 4 is 54.1 Å². The number of carbonyl (C=O) groups excluding carboxylic acids is 1. The van der Waals surface area contributed by atoms with E-state index in [-0.39, 0.29) is 23.8 Å². The fourth-order valence-corrected chi connectivity index (χ4v) is 6.21. The summed E-state index contributed by atoms with van der Waals surface area (Å²) in [5, 5.41) is 6.55. The average molecular weight is 568 g/mol. The molecule has 1 N–H and O–H groups in total. The second-order valence-electron chi connectivity index (χ2n) is 8.79. The molecule has 1 fully saturated rings. The minimum absolute atomic E-state index is 0.0653. The number of sulfone groups is 1. The Labute approximate surface area is 228 Å². The van der Waals surface area contributed by atoms with Crippen LogP contribution in [0.4, 0.5) is 10.9 Å². The molecule has 0 unspecified atom stereocenters. The Morgan fingerprint density at radius 3 is 2.62 bits per heavy atom. The van der Waals surface area contributed by atoms with Crippen molar-refractivity contribution in [2.24, 2.45) is 5.16 Å². The summed E-state index contributed by atoms with van der Waals surface area (Å²) in [6.07, 6.45) is 3.59. The van der Waals surface area contributed by atoms with Crippen LogP contribution in [0.15, 0.2) is 64.9 Å². The Morgan fingerprint density at radius 1 is 1.15 bits per heavy atom. The molecular weight excluding hydrogens is 542 g/mol. The summed E-state index contributed by atoms with van der Waals surface area (Å²) in [5.41, 5.74) is 0.930. The molecule has 14 heteroatoms. The minimum Gasteiger partial charge on any atom is -0.387 e. The SMILES string of the molecule is CN(C)c1ccc2nc(NC(=O)C(=NOCc3ncccn3)c3ccc(S(=O)(=O)[C@H]4CCOC4)cc3)sc2n1. The van der Waals surface area contributed by atoms with Crippen LogP contribution in [0, 0.1) is 0 Å². The molecule has 5 rings (SSSR count). The molecule has 0 aliphatic carbocycles. The van der Waals surface area contributed by atoms with Crippen molar-refractivity contribution in [1.82, 2.24) is 19.9 Å². The number of thiazole rings is 1. The van der Waals surface area contributed by atoms with Crippen LogP contribution in [0.5, 0.6) is 0 Å². The first-order chi connectivity index (χ1) is 18.8. The van der Waals surface area contributed by atoms with Gasteiger partial charge in [-0.05, 0) is 36.8 Å². The number of ether oxygens (including phenoxy) is 1. The number of benzene rings is 1. The number of pyridine rings is 1. The molecule has 4 aromatic rings. The third kappa shape index (κ3) is 6.02. The highest BCUT2D eigenvalue weighted by Crippen LogP contribution is 2.27. The molecule has 1 aliphatic rings. The molecule has 1 saturated heterocycles. The molecule has 1 aromatic carbocycles. The number of rotatable bonds is 9. The highest BCUT2D eigenvalue weighted by Gasteiger charge is 2.31. The molecule has 0 saturated carbocycles. The number of fused-ring (bicyclic) bond motifs is 1. The number of amides is 1. The van der Waals surface area contributed by atoms with Gasteiger partial charge >= 0.3 is 0 Å². The smallest absolute Gasteiger partial charge is 0.280 e. The number of anilines is 2. The number of aromatic nitrogens is 4. The molecule has 1 atom stereocenters. The van der Waals surface area contributed by atoms with Crippen molar-refractivity contribution < 1.29 is 22.8 Å². The topological polar surface area (TPSA) is 149 Å². The van der Waals surface area contributed by atoms with Gasteiger partial charge in [0.25, 0.3) is 5.91 Å². The van der Waals surface area contributed by atoms with Crippen LogP contribution in [-0.4, -0.2) is 72.5 Å². The predicted molar refractivity (Wildman–Crippen MR) is 147 cm³/mol. The molecule has 0 spiro atoms. The number of nitrogens with zero attached hydrogens (tertiary/aromatic N) is 6. The average Bonchev–Trinajstić information content (AvgIpc) is 3.62. The van der Waals surface area contributed by atoms with E-state index in [1.807, 2.05) is 31.1 Å². The van der Waals surface area contributed by atoms with Crippen molar-refractivity contribution in [1.29, 1.82) is 0 Å². The van der Waals surface area contributed by atoms with Crippen LogP contribution in [0.3, 0.4) is 0 Å². The summed E-state index contributed by atoms with van der Waals surface area (Å²) in [7, 11) is 0.217. The lowest BCUT2D eigenvalue weighted by molar-refractivity contribution is -0.110. The second kappa shape index (κ2) is 11.4. The third-order valence-electron chi connectivity index (χ3n) is 5.89. The Kier molecular flexibility index (Phi) is 7.77. The van der Waals surface area contributed by atoms with Crippen molar-refractivity contribution in [3.63, 3.8) is 0 Å². The van der Waals surface area contributed by atoms with Crippen molar-refractivity contribution in [3.8, 4) is 0 Å². The van der Waals surface area contributed by atoms with E-state index >= 15 is 0 Å². The van der Waals surface area contributed by atoms with E-state index in [1.54, 1.807) is 18.5 Å². The number of hydrogen-bond acceptors (Lipinski definition) is 12. The lowest BCUT2D eigenvalue weighted by Gasteiger charge is -2.11. The maximum absolute atomic E-state index is 13.3. The minimum atomic E-state index is -3.56. The van der Waals surface area contributed by atoms with Crippen molar-refractivity contribution in [2.45, 2.75) is 23.2 Å². The van der Waals surface area contributed by atoms with E-state index in [9.17, 15) is 13.2 Å². The van der Waals surface area contributed by atoms with E-state index in [2.05, 4.69) is 30.4 Å². The van der Waals surface area contributed by atoms with Crippen LogP contribution in [0.2, 0.25) is 0 Å². The fraction of sp³-hybridized carbons (Fsp3) is 0.280. The van der Waals surface area contributed by atoms with Crippen LogP contribution < -0.4 is 10.2 Å². The summed E-state index contributed by atoms with van der Waals surface area (Å²) in [6.45, 7) is 0.519. The summed E-state index contributed by atoms with van der Waals surface area (Å²) < 4.78 is 31.1. The molecule has 12 nitrogen and oxygen atoms in total. The van der Waals surface area contributed by atoms with Crippen molar-refractivity contribution in [3.05, 3.63) is 66.2 Å². The Bertz CT molecular complexity index is 1600. The Balaban J connectivity index is 1.40. The van der Waals surface area contributed by atoms with E-state index in [0.717, 1.165) is 5.82 Å². The molecule has 39 heavy (non-hydrogen) atoms. The van der Waals surface area contributed by atoms with Gasteiger partial charge in [0.1, 0.15) is 16.2 Å². The standard InChI is InChI=1S/C25H25N7O5S2/c1-32(2)21-9-8-19-24(29-21)38-25(28-19)30-23(33)22(31-37-15-20-26-11-3-12-27-20)16-4-6-17(7-5-16)39(34,35)18-10-13-36-14-18/h3-9,11-12,18H,10,13-15H2,1-2H3,(H,28,30,33)/t18-/m0/s1. The second-order valence-corrected chi connectivity index (χ2v) is 12.0. The largest absolute Gasteiger partial charge is 0.387 e. The summed E-state index contributed by atoms with van der Waals surface area (Å²) >= 11 is 1.22. The number of oxime groups is 1. The summed E-state index contributed by atoms with van der Waals surface area (Å²) in [5.74, 6) is 0.563. The van der Waals surface area contributed by atoms with Crippen LogP contribution in [0.25, 0.3) is 10.3 Å². The van der Waals surface area contributed by atoms with Gasteiger partial charge in [-0.25, -0.2) is 28.4 Å². The van der Waals surface area contributed by atoms with Gasteiger partial charge in [-0.2, -0.15) is 0 Å². The zero-order chi connectivity index (χ0) is 27.4. The van der Waals surface area contributed by atoms with E-state index < -0.39 is 21.0 Å². The monoisotopic (exact) mass is 567 g/mol. The Morgan fingerprint density at radius 2 is 1.92 bits per heavy atom. The highest BCUT2D eigenvalue weighted by atomic mass is 32.2. The molecule has 4 heterocycles. The molecule has 3 aromatic heterocycles. The van der Waals surface area contributed by atoms with Crippen LogP contribution >= 0.6 is 11.3 Å². The maximum atomic E-state index is 13.3. The van der Waals surface area contributed by atoms with E-state index in [1.165, 1.54) is 35.6 Å². The first-order valence-corrected chi connectivity index (χ1v) is 14.3. The predicted octanol–water partition coefficient (Wildman–Crippen LogP) is 2.67. The zero-order valence-electron chi connectivity index (χ0n) is 21.1. The van der Waals surface area contributed by atoms with Gasteiger partial charge in [-0.3, -0.25) is 10.1 Å². The van der Waals surface area contributed by atoms with Gasteiger partial charge in [-0.15, -0.1) is 0 Å². The van der Waals surface area contributed by atoms with Gasteiger partial charge in [0.05, 0.1) is 16.8 Å². The number of hydrogen-bond donors (Lipinski definition) is 1. The van der Waals surface area contributed by atoms with E-state index in [0.29, 0.717) is 39.9 Å². The quantitative estimate of drug-likeness (QED) is 0.236. The molecule has 0 bridgehead atoms. The first-order valence-electron chi connectivity index (χ1n) is 12.0. The lowest BCUT2D eigenvalue weighted by Crippen LogP contribution is -2.25. The summed E-state index contributed by atoms with van der Waals surface area (Å²) in [6, 6.07) is 11.3. The number of nitrogens with one attached hydrogen (secondary N) is 1. The first kappa shape index (κ1) is 26.6. The maximum Gasteiger partial charge on any atom is 0.280 e. The summed E-state index contributed by atoms with van der Waals surface area (Å²) in [4.78, 5) is 38.6. The van der Waals surface area contributed by atoms with Gasteiger partial charge in [0.2, 0.25) is 0 Å². The molecule has 1 amide bonds. The van der Waals surface area contributed by atoms with Crippen LogP contribution in [0.1, 0.15) is 17.8 Å². The zero-order valence-corrected chi connectivity index (χ0v) is 22.8. The van der Waals surface area contributed by atoms with Crippen molar-refractivity contribution in [2.75, 3.05) is 37.5 Å². The van der Waals surface area contributed by atoms with Gasteiger partial charge in [0.15, 0.2) is 33.1 Å². The molecule has 0 radical (unpaired) electrons. The van der Waals surface area contributed by atoms with Gasteiger partial charge < -0.3 is 14.5 Å². The lowest BCUT2D eigenvalue weighted by atomic mass is 10.1. The third-order valence-corrected chi connectivity index (χ3v) is 8.95. The van der Waals surface area contributed by atoms with Gasteiger partial charge in [-0.1, -0.05) is 28.6 Å². The van der Waals surface area contributed by atoms with Crippen LogP contribution in [-0.2, 0) is 30.8 Å². The number of carbonyl (C=O) groups is 1. The fourth-order valence-electron chi connectivity index (χ4n) is 3.80. The Hall–Kier alpha value is -4.01. The highest BCUT2D eigenvalue weighted by molar-refractivity contribution is 7.92. The normalized spacial score (nSPS) is 15.8. The molecule has 1 aliphatic heterocycles. The van der Waals surface area contributed by atoms with Gasteiger partial charge in [0, 0.05) is 38.7 Å².